The zero-order chi connectivity index (χ0) is 19.4. The lowest BCUT2D eigenvalue weighted by Crippen LogP contribution is -2.27. The number of carbonyl (C=O) groups excluding carboxylic acids is 1. The number of amides is 1. The minimum atomic E-state index is -0.690. The molecule has 2 N–H and O–H groups in total. The Morgan fingerprint density at radius 2 is 2.22 bits per heavy atom. The first-order valence-corrected chi connectivity index (χ1v) is 11.3. The van der Waals surface area contributed by atoms with Gasteiger partial charge in [0.05, 0.1) is 23.9 Å². The predicted molar refractivity (Wildman–Crippen MR) is 113 cm³/mol. The summed E-state index contributed by atoms with van der Waals surface area (Å²) >= 11 is 4.12. The van der Waals surface area contributed by atoms with Crippen molar-refractivity contribution >= 4 is 56.7 Å². The van der Waals surface area contributed by atoms with E-state index >= 15 is 0 Å². The van der Waals surface area contributed by atoms with Crippen molar-refractivity contribution in [2.45, 2.75) is 29.6 Å². The highest BCUT2D eigenvalue weighted by Crippen LogP contribution is 2.22. The van der Waals surface area contributed by atoms with Gasteiger partial charge in [0.25, 0.3) is 5.56 Å². The summed E-state index contributed by atoms with van der Waals surface area (Å²) < 4.78 is 1.99. The molecule has 27 heavy (non-hydrogen) atoms. The van der Waals surface area contributed by atoms with Crippen molar-refractivity contribution in [3.8, 4) is 0 Å². The first-order valence-electron chi connectivity index (χ1n) is 8.20. The average molecular weight is 422 g/mol. The van der Waals surface area contributed by atoms with Crippen molar-refractivity contribution in [2.24, 2.45) is 0 Å². The summed E-state index contributed by atoms with van der Waals surface area (Å²) in [6, 6.07) is 9.39. The van der Waals surface area contributed by atoms with Crippen LogP contribution in [0.3, 0.4) is 0 Å². The number of nitrogens with one attached hydrogen (secondary N) is 1. The van der Waals surface area contributed by atoms with Gasteiger partial charge in [-0.05, 0) is 42.8 Å². The van der Waals surface area contributed by atoms with E-state index in [4.69, 9.17) is 0 Å². The van der Waals surface area contributed by atoms with Gasteiger partial charge in [0.1, 0.15) is 4.70 Å². The van der Waals surface area contributed by atoms with Gasteiger partial charge in [0, 0.05) is 10.6 Å². The average Bonchev–Trinajstić information content (AvgIpc) is 3.11. The molecule has 0 saturated heterocycles. The number of benzene rings is 1. The third kappa shape index (κ3) is 4.92. The number of fused-ring (bicyclic) bond motifs is 1. The number of rotatable bonds is 7. The van der Waals surface area contributed by atoms with E-state index in [2.05, 4.69) is 10.3 Å². The number of aromatic nitrogens is 2. The molecular weight excluding hydrogens is 402 g/mol. The summed E-state index contributed by atoms with van der Waals surface area (Å²) in [6.45, 7) is 1.75. The number of anilines is 1. The second-order valence-corrected chi connectivity index (χ2v) is 8.60. The molecule has 3 rings (SSSR count). The van der Waals surface area contributed by atoms with Crippen LogP contribution >= 0.6 is 34.9 Å². The van der Waals surface area contributed by atoms with Crippen LogP contribution < -0.4 is 10.9 Å². The maximum absolute atomic E-state index is 12.7. The van der Waals surface area contributed by atoms with Gasteiger partial charge in [-0.1, -0.05) is 17.8 Å². The lowest BCUT2D eigenvalue weighted by Gasteiger charge is -2.13. The quantitative estimate of drug-likeness (QED) is 0.450. The molecule has 0 saturated carbocycles. The van der Waals surface area contributed by atoms with Gasteiger partial charge in [-0.2, -0.15) is 0 Å². The summed E-state index contributed by atoms with van der Waals surface area (Å²) in [5, 5.41) is 14.8. The summed E-state index contributed by atoms with van der Waals surface area (Å²) in [5.41, 5.74) is 1.16. The van der Waals surface area contributed by atoms with E-state index in [-0.39, 0.29) is 23.8 Å². The minimum absolute atomic E-state index is 0.116. The predicted octanol–water partition coefficient (Wildman–Crippen LogP) is 3.29. The molecule has 0 aliphatic rings. The van der Waals surface area contributed by atoms with Crippen LogP contribution in [0.25, 0.3) is 10.2 Å². The summed E-state index contributed by atoms with van der Waals surface area (Å²) in [5.74, 6) is -0.0627. The van der Waals surface area contributed by atoms with Crippen LogP contribution in [-0.4, -0.2) is 38.7 Å². The van der Waals surface area contributed by atoms with E-state index in [0.29, 0.717) is 15.4 Å². The van der Waals surface area contributed by atoms with E-state index in [0.717, 1.165) is 10.6 Å². The van der Waals surface area contributed by atoms with Gasteiger partial charge in [0.15, 0.2) is 5.16 Å². The zero-order valence-corrected chi connectivity index (χ0v) is 17.3. The van der Waals surface area contributed by atoms with Gasteiger partial charge in [-0.25, -0.2) is 4.98 Å². The summed E-state index contributed by atoms with van der Waals surface area (Å²) in [6.07, 6.45) is 1.29. The highest BCUT2D eigenvalue weighted by molar-refractivity contribution is 7.99. The van der Waals surface area contributed by atoms with Crippen molar-refractivity contribution in [3.05, 3.63) is 46.1 Å². The van der Waals surface area contributed by atoms with E-state index < -0.39 is 6.10 Å². The molecule has 1 aromatic carbocycles. The number of aliphatic hydroxyl groups is 1. The van der Waals surface area contributed by atoms with Crippen molar-refractivity contribution in [2.75, 3.05) is 17.3 Å². The molecule has 142 valence electrons. The van der Waals surface area contributed by atoms with E-state index in [9.17, 15) is 14.7 Å². The number of thioether (sulfide) groups is 2. The number of thiophene rings is 1. The Hall–Kier alpha value is -1.81. The van der Waals surface area contributed by atoms with Crippen LogP contribution in [-0.2, 0) is 11.3 Å². The number of carbonyl (C=O) groups is 1. The number of aliphatic hydroxyl groups excluding tert-OH is 1. The molecule has 9 heteroatoms. The van der Waals surface area contributed by atoms with Crippen molar-refractivity contribution in [1.82, 2.24) is 9.55 Å². The third-order valence-electron chi connectivity index (χ3n) is 3.66. The van der Waals surface area contributed by atoms with Crippen LogP contribution in [0.5, 0.6) is 0 Å². The first kappa shape index (κ1) is 19.9. The number of hydrogen-bond acceptors (Lipinski definition) is 7. The molecule has 0 fully saturated rings. The molecule has 1 atom stereocenters. The molecule has 1 amide bonds. The molecule has 0 spiro atoms. The fourth-order valence-corrected chi connectivity index (χ4v) is 4.53. The Labute approximate surface area is 169 Å². The van der Waals surface area contributed by atoms with Crippen LogP contribution in [0, 0.1) is 0 Å². The minimum Gasteiger partial charge on any atom is -0.392 e. The Balaban J connectivity index is 1.77. The van der Waals surface area contributed by atoms with Gasteiger partial charge >= 0.3 is 0 Å². The normalized spacial score (nSPS) is 12.3. The highest BCUT2D eigenvalue weighted by Gasteiger charge is 2.15. The molecule has 6 nitrogen and oxygen atoms in total. The van der Waals surface area contributed by atoms with Crippen LogP contribution in [0.1, 0.15) is 6.92 Å². The fourth-order valence-electron chi connectivity index (χ4n) is 2.49. The van der Waals surface area contributed by atoms with Crippen molar-refractivity contribution in [1.29, 1.82) is 0 Å². The molecule has 0 aliphatic carbocycles. The van der Waals surface area contributed by atoms with Gasteiger partial charge in [0.2, 0.25) is 5.91 Å². The molecule has 2 heterocycles. The lowest BCUT2D eigenvalue weighted by atomic mass is 10.3. The second kappa shape index (κ2) is 8.92. The third-order valence-corrected chi connectivity index (χ3v) is 6.26. The summed E-state index contributed by atoms with van der Waals surface area (Å²) in [4.78, 5) is 30.5. The standard InChI is InChI=1S/C18H19N3O3S3/c1-11(22)9-21-17(24)16-14(6-7-26-16)20-18(21)27-10-15(23)19-12-4-3-5-13(8-12)25-2/h3-8,11,22H,9-10H2,1-2H3,(H,19,23)/t11-/m1/s1. The molecule has 0 bridgehead atoms. The molecular formula is C18H19N3O3S3. The van der Waals surface area contributed by atoms with Crippen LogP contribution in [0.4, 0.5) is 5.69 Å². The smallest absolute Gasteiger partial charge is 0.272 e. The SMILES string of the molecule is CSc1cccc(NC(=O)CSc2nc3ccsc3c(=O)n2C[C@@H](C)O)c1. The molecule has 2 aromatic heterocycles. The number of hydrogen-bond donors (Lipinski definition) is 2. The van der Waals surface area contributed by atoms with Gasteiger partial charge in [-0.15, -0.1) is 23.1 Å². The summed E-state index contributed by atoms with van der Waals surface area (Å²) in [7, 11) is 0. The molecule has 0 radical (unpaired) electrons. The highest BCUT2D eigenvalue weighted by atomic mass is 32.2. The van der Waals surface area contributed by atoms with Crippen molar-refractivity contribution < 1.29 is 9.90 Å². The molecule has 3 aromatic rings. The second-order valence-electron chi connectivity index (χ2n) is 5.86. The monoisotopic (exact) mass is 421 g/mol. The maximum atomic E-state index is 12.7. The Kier molecular flexibility index (Phi) is 6.59. The molecule has 0 unspecified atom stereocenters. The van der Waals surface area contributed by atoms with Crippen molar-refractivity contribution in [3.63, 3.8) is 0 Å². The van der Waals surface area contributed by atoms with E-state index in [1.807, 2.05) is 35.9 Å². The van der Waals surface area contributed by atoms with Gasteiger partial charge in [-0.3, -0.25) is 14.2 Å². The topological polar surface area (TPSA) is 84.2 Å². The largest absolute Gasteiger partial charge is 0.392 e. The van der Waals surface area contributed by atoms with Crippen LogP contribution in [0.2, 0.25) is 0 Å². The Morgan fingerprint density at radius 3 is 2.96 bits per heavy atom. The Bertz CT molecular complexity index is 1010. The maximum Gasteiger partial charge on any atom is 0.272 e. The first-order chi connectivity index (χ1) is 13.0. The van der Waals surface area contributed by atoms with Crippen LogP contribution in [0.15, 0.2) is 50.6 Å². The number of nitrogens with zero attached hydrogens (tertiary/aromatic N) is 2. The zero-order valence-electron chi connectivity index (χ0n) is 14.8. The Morgan fingerprint density at radius 1 is 1.41 bits per heavy atom. The van der Waals surface area contributed by atoms with E-state index in [1.54, 1.807) is 24.8 Å². The molecule has 0 aliphatic heterocycles. The van der Waals surface area contributed by atoms with E-state index in [1.165, 1.54) is 27.7 Å². The lowest BCUT2D eigenvalue weighted by molar-refractivity contribution is -0.113. The fraction of sp³-hybridized carbons (Fsp3) is 0.278. The van der Waals surface area contributed by atoms with Gasteiger partial charge < -0.3 is 10.4 Å².